The third-order valence-electron chi connectivity index (χ3n) is 3.06. The van der Waals surface area contributed by atoms with Crippen molar-refractivity contribution < 1.29 is 19.4 Å². The van der Waals surface area contributed by atoms with Gasteiger partial charge < -0.3 is 19.9 Å². The molecular weight excluding hydrogens is 294 g/mol. The topological polar surface area (TPSA) is 67.8 Å². The summed E-state index contributed by atoms with van der Waals surface area (Å²) in [7, 11) is 0. The Bertz CT molecular complexity index is 482. The molecule has 0 bridgehead atoms. The standard InChI is InChI=1S/C18H29NO4/c1-5-16(17(21)23-18(2,3)4)22-15-9-6-8-14(12-15)13-19-10-7-11-20/h6,8-9,12,16,19-20H,5,7,10-11,13H2,1-4H3. The Morgan fingerprint density at radius 1 is 1.35 bits per heavy atom. The van der Waals surface area contributed by atoms with E-state index in [1.54, 1.807) is 0 Å². The third-order valence-corrected chi connectivity index (χ3v) is 3.06. The zero-order chi connectivity index (χ0) is 17.3. The van der Waals surface area contributed by atoms with Gasteiger partial charge in [-0.25, -0.2) is 4.79 Å². The molecule has 1 atom stereocenters. The van der Waals surface area contributed by atoms with Crippen LogP contribution in [-0.4, -0.2) is 35.9 Å². The lowest BCUT2D eigenvalue weighted by Crippen LogP contribution is -2.34. The van der Waals surface area contributed by atoms with E-state index in [0.29, 0.717) is 18.7 Å². The van der Waals surface area contributed by atoms with Crippen LogP contribution in [0.15, 0.2) is 24.3 Å². The molecule has 0 saturated heterocycles. The summed E-state index contributed by atoms with van der Waals surface area (Å²) < 4.78 is 11.2. The van der Waals surface area contributed by atoms with E-state index in [-0.39, 0.29) is 12.6 Å². The molecule has 0 aliphatic heterocycles. The van der Waals surface area contributed by atoms with Gasteiger partial charge in [-0.05, 0) is 57.9 Å². The highest BCUT2D eigenvalue weighted by Crippen LogP contribution is 2.18. The summed E-state index contributed by atoms with van der Waals surface area (Å²) in [5.41, 5.74) is 0.547. The zero-order valence-corrected chi connectivity index (χ0v) is 14.6. The van der Waals surface area contributed by atoms with Crippen molar-refractivity contribution in [2.45, 2.75) is 58.8 Å². The highest BCUT2D eigenvalue weighted by molar-refractivity contribution is 5.75. The number of carbonyl (C=O) groups is 1. The van der Waals surface area contributed by atoms with Crippen molar-refractivity contribution in [2.24, 2.45) is 0 Å². The highest BCUT2D eigenvalue weighted by atomic mass is 16.6. The lowest BCUT2D eigenvalue weighted by atomic mass is 10.2. The first kappa shape index (κ1) is 19.5. The molecule has 0 fully saturated rings. The molecule has 0 radical (unpaired) electrons. The lowest BCUT2D eigenvalue weighted by Gasteiger charge is -2.24. The molecule has 0 spiro atoms. The number of nitrogens with one attached hydrogen (secondary N) is 1. The minimum Gasteiger partial charge on any atom is -0.479 e. The molecule has 5 nitrogen and oxygen atoms in total. The maximum Gasteiger partial charge on any atom is 0.347 e. The first-order valence-electron chi connectivity index (χ1n) is 8.15. The largest absolute Gasteiger partial charge is 0.479 e. The van der Waals surface area contributed by atoms with Gasteiger partial charge in [-0.3, -0.25) is 0 Å². The molecule has 1 aromatic carbocycles. The van der Waals surface area contributed by atoms with E-state index in [2.05, 4.69) is 5.32 Å². The number of aliphatic hydroxyl groups excluding tert-OH is 1. The van der Waals surface area contributed by atoms with Gasteiger partial charge in [0.2, 0.25) is 0 Å². The van der Waals surface area contributed by atoms with Crippen molar-refractivity contribution in [3.63, 3.8) is 0 Å². The number of esters is 1. The average molecular weight is 323 g/mol. The smallest absolute Gasteiger partial charge is 0.347 e. The first-order valence-corrected chi connectivity index (χ1v) is 8.15. The van der Waals surface area contributed by atoms with E-state index in [1.807, 2.05) is 52.0 Å². The second-order valence-electron chi connectivity index (χ2n) is 6.45. The van der Waals surface area contributed by atoms with Crippen LogP contribution in [-0.2, 0) is 16.1 Å². The molecule has 0 amide bonds. The Hall–Kier alpha value is -1.59. The Morgan fingerprint density at radius 3 is 2.70 bits per heavy atom. The van der Waals surface area contributed by atoms with E-state index < -0.39 is 11.7 Å². The van der Waals surface area contributed by atoms with Gasteiger partial charge in [-0.2, -0.15) is 0 Å². The van der Waals surface area contributed by atoms with Crippen LogP contribution in [0.3, 0.4) is 0 Å². The number of hydrogen-bond donors (Lipinski definition) is 2. The van der Waals surface area contributed by atoms with Crippen molar-refractivity contribution in [3.05, 3.63) is 29.8 Å². The van der Waals surface area contributed by atoms with E-state index >= 15 is 0 Å². The van der Waals surface area contributed by atoms with Crippen LogP contribution in [0.1, 0.15) is 46.1 Å². The molecule has 23 heavy (non-hydrogen) atoms. The van der Waals surface area contributed by atoms with Gasteiger partial charge in [-0.15, -0.1) is 0 Å². The van der Waals surface area contributed by atoms with Gasteiger partial charge in [0.1, 0.15) is 11.4 Å². The summed E-state index contributed by atoms with van der Waals surface area (Å²) in [5.74, 6) is 0.315. The molecule has 130 valence electrons. The first-order chi connectivity index (χ1) is 10.9. The van der Waals surface area contributed by atoms with E-state index in [4.69, 9.17) is 14.6 Å². The Morgan fingerprint density at radius 2 is 2.09 bits per heavy atom. The van der Waals surface area contributed by atoms with E-state index in [9.17, 15) is 4.79 Å². The molecule has 1 unspecified atom stereocenters. The molecule has 1 rings (SSSR count). The van der Waals surface area contributed by atoms with E-state index in [0.717, 1.165) is 18.5 Å². The molecule has 5 heteroatoms. The second kappa shape index (κ2) is 9.53. The molecule has 0 aliphatic carbocycles. The minimum atomic E-state index is -0.605. The normalized spacial score (nSPS) is 12.7. The van der Waals surface area contributed by atoms with Crippen molar-refractivity contribution in [1.29, 1.82) is 0 Å². The zero-order valence-electron chi connectivity index (χ0n) is 14.6. The summed E-state index contributed by atoms with van der Waals surface area (Å²) >= 11 is 0. The van der Waals surface area contributed by atoms with Crippen LogP contribution in [0, 0.1) is 0 Å². The average Bonchev–Trinajstić information content (AvgIpc) is 2.48. The van der Waals surface area contributed by atoms with Crippen LogP contribution >= 0.6 is 0 Å². The number of aliphatic hydroxyl groups is 1. The number of benzene rings is 1. The predicted molar refractivity (Wildman–Crippen MR) is 90.4 cm³/mol. The Labute approximate surface area is 139 Å². The summed E-state index contributed by atoms with van der Waals surface area (Å²) in [4.78, 5) is 12.1. The maximum atomic E-state index is 12.1. The number of ether oxygens (including phenoxy) is 2. The third kappa shape index (κ3) is 8.00. The number of hydrogen-bond acceptors (Lipinski definition) is 5. The summed E-state index contributed by atoms with van der Waals surface area (Å²) in [5, 5.41) is 12.0. The molecule has 0 heterocycles. The van der Waals surface area contributed by atoms with Gasteiger partial charge in [0.05, 0.1) is 0 Å². The second-order valence-corrected chi connectivity index (χ2v) is 6.45. The summed E-state index contributed by atoms with van der Waals surface area (Å²) in [6.45, 7) is 9.07. The molecular formula is C18H29NO4. The maximum absolute atomic E-state index is 12.1. The number of carbonyl (C=O) groups excluding carboxylic acids is 1. The fraction of sp³-hybridized carbons (Fsp3) is 0.611. The van der Waals surface area contributed by atoms with Crippen LogP contribution in [0.2, 0.25) is 0 Å². The van der Waals surface area contributed by atoms with Crippen molar-refractivity contribution in [1.82, 2.24) is 5.32 Å². The Balaban J connectivity index is 2.62. The van der Waals surface area contributed by atoms with Crippen molar-refractivity contribution >= 4 is 5.97 Å². The Kier molecular flexibility index (Phi) is 8.06. The minimum absolute atomic E-state index is 0.185. The van der Waals surface area contributed by atoms with E-state index in [1.165, 1.54) is 0 Å². The van der Waals surface area contributed by atoms with Gasteiger partial charge in [0.25, 0.3) is 0 Å². The quantitative estimate of drug-likeness (QED) is 0.540. The highest BCUT2D eigenvalue weighted by Gasteiger charge is 2.25. The predicted octanol–water partition coefficient (Wildman–Crippen LogP) is 2.66. The van der Waals surface area contributed by atoms with Crippen LogP contribution in [0.5, 0.6) is 5.75 Å². The SMILES string of the molecule is CCC(Oc1cccc(CNCCCO)c1)C(=O)OC(C)(C)C. The lowest BCUT2D eigenvalue weighted by molar-refractivity contribution is -0.163. The van der Waals surface area contributed by atoms with Crippen LogP contribution in [0.25, 0.3) is 0 Å². The van der Waals surface area contributed by atoms with Gasteiger partial charge in [0, 0.05) is 13.2 Å². The fourth-order valence-corrected chi connectivity index (χ4v) is 2.00. The van der Waals surface area contributed by atoms with Crippen molar-refractivity contribution in [2.75, 3.05) is 13.2 Å². The van der Waals surface area contributed by atoms with Crippen molar-refractivity contribution in [3.8, 4) is 5.75 Å². The molecule has 0 aliphatic rings. The molecule has 1 aromatic rings. The number of rotatable bonds is 9. The molecule has 0 saturated carbocycles. The van der Waals surface area contributed by atoms with Gasteiger partial charge in [0.15, 0.2) is 6.10 Å². The molecule has 2 N–H and O–H groups in total. The summed E-state index contributed by atoms with van der Waals surface area (Å²) in [6.07, 6.45) is 0.674. The molecule has 0 aromatic heterocycles. The van der Waals surface area contributed by atoms with Gasteiger partial charge in [-0.1, -0.05) is 19.1 Å². The van der Waals surface area contributed by atoms with Gasteiger partial charge >= 0.3 is 5.97 Å². The summed E-state index contributed by atoms with van der Waals surface area (Å²) in [6, 6.07) is 7.65. The van der Waals surface area contributed by atoms with Crippen LogP contribution < -0.4 is 10.1 Å². The van der Waals surface area contributed by atoms with Crippen LogP contribution in [0.4, 0.5) is 0 Å². The monoisotopic (exact) mass is 323 g/mol. The fourth-order valence-electron chi connectivity index (χ4n) is 2.00.